The molecule has 0 radical (unpaired) electrons. The normalized spacial score (nSPS) is 10.6. The molecule has 1 N–H and O–H groups in total. The van der Waals surface area contributed by atoms with Gasteiger partial charge in [0.05, 0.1) is 19.9 Å². The van der Waals surface area contributed by atoms with Crippen LogP contribution in [0.3, 0.4) is 0 Å². The number of rotatable bonds is 7. The average molecular weight is 326 g/mol. The predicted octanol–water partition coefficient (Wildman–Crippen LogP) is 3.56. The first-order valence-corrected chi connectivity index (χ1v) is 7.85. The van der Waals surface area contributed by atoms with Gasteiger partial charge in [0.25, 0.3) is 5.91 Å². The molecule has 0 saturated heterocycles. The molecular formula is C19H22N2O3. The SMILES string of the molecule is CCCOc1ccc(/C=N\NC(=O)c2ccccc2C)cc1OC. The van der Waals surface area contributed by atoms with E-state index in [-0.39, 0.29) is 5.91 Å². The van der Waals surface area contributed by atoms with E-state index in [1.807, 2.05) is 50.2 Å². The van der Waals surface area contributed by atoms with Gasteiger partial charge in [0.2, 0.25) is 0 Å². The summed E-state index contributed by atoms with van der Waals surface area (Å²) >= 11 is 0. The van der Waals surface area contributed by atoms with Gasteiger partial charge in [0, 0.05) is 5.56 Å². The van der Waals surface area contributed by atoms with Crippen LogP contribution < -0.4 is 14.9 Å². The van der Waals surface area contributed by atoms with Crippen LogP contribution in [0.5, 0.6) is 11.5 Å². The number of hydrogen-bond acceptors (Lipinski definition) is 4. The molecule has 2 aromatic rings. The highest BCUT2D eigenvalue weighted by Gasteiger charge is 2.07. The highest BCUT2D eigenvalue weighted by molar-refractivity contribution is 5.96. The largest absolute Gasteiger partial charge is 0.493 e. The third kappa shape index (κ3) is 4.59. The quantitative estimate of drug-likeness (QED) is 0.625. The van der Waals surface area contributed by atoms with E-state index < -0.39 is 0 Å². The number of amides is 1. The molecule has 0 aliphatic rings. The summed E-state index contributed by atoms with van der Waals surface area (Å²) < 4.78 is 10.9. The third-order valence-electron chi connectivity index (χ3n) is 3.42. The fourth-order valence-corrected chi connectivity index (χ4v) is 2.15. The van der Waals surface area contributed by atoms with E-state index in [4.69, 9.17) is 9.47 Å². The minimum atomic E-state index is -0.237. The van der Waals surface area contributed by atoms with Crippen LogP contribution in [0.2, 0.25) is 0 Å². The zero-order chi connectivity index (χ0) is 17.4. The molecule has 2 rings (SSSR count). The van der Waals surface area contributed by atoms with E-state index in [0.29, 0.717) is 23.7 Å². The van der Waals surface area contributed by atoms with Gasteiger partial charge in [0.1, 0.15) is 0 Å². The molecule has 5 heteroatoms. The molecule has 0 aromatic heterocycles. The molecule has 0 fully saturated rings. The number of benzene rings is 2. The van der Waals surface area contributed by atoms with Gasteiger partial charge in [-0.2, -0.15) is 5.10 Å². The Morgan fingerprint density at radius 1 is 1.21 bits per heavy atom. The van der Waals surface area contributed by atoms with Crippen molar-refractivity contribution in [2.75, 3.05) is 13.7 Å². The van der Waals surface area contributed by atoms with Crippen molar-refractivity contribution in [2.24, 2.45) is 5.10 Å². The standard InChI is InChI=1S/C19H22N2O3/c1-4-11-24-17-10-9-15(12-18(17)23-3)13-20-21-19(22)16-8-6-5-7-14(16)2/h5-10,12-13H,4,11H2,1-3H3,(H,21,22)/b20-13-. The Morgan fingerprint density at radius 3 is 2.71 bits per heavy atom. The number of nitrogens with zero attached hydrogens (tertiary/aromatic N) is 1. The van der Waals surface area contributed by atoms with Crippen molar-refractivity contribution in [1.82, 2.24) is 5.43 Å². The number of carbonyl (C=O) groups is 1. The highest BCUT2D eigenvalue weighted by Crippen LogP contribution is 2.27. The summed E-state index contributed by atoms with van der Waals surface area (Å²) in [6.07, 6.45) is 2.50. The van der Waals surface area contributed by atoms with Crippen LogP contribution in [0.15, 0.2) is 47.6 Å². The molecule has 1 amide bonds. The van der Waals surface area contributed by atoms with Gasteiger partial charge in [-0.25, -0.2) is 5.43 Å². The van der Waals surface area contributed by atoms with Gasteiger partial charge in [-0.1, -0.05) is 25.1 Å². The molecule has 0 bridgehead atoms. The molecule has 0 atom stereocenters. The minimum absolute atomic E-state index is 0.237. The highest BCUT2D eigenvalue weighted by atomic mass is 16.5. The van der Waals surface area contributed by atoms with E-state index >= 15 is 0 Å². The number of hydrazone groups is 1. The van der Waals surface area contributed by atoms with Crippen LogP contribution in [-0.2, 0) is 0 Å². The molecule has 0 spiro atoms. The number of carbonyl (C=O) groups excluding carboxylic acids is 1. The third-order valence-corrected chi connectivity index (χ3v) is 3.42. The fraction of sp³-hybridized carbons (Fsp3) is 0.263. The van der Waals surface area contributed by atoms with Gasteiger partial charge in [-0.15, -0.1) is 0 Å². The predicted molar refractivity (Wildman–Crippen MR) is 95.0 cm³/mol. The van der Waals surface area contributed by atoms with Crippen molar-refractivity contribution in [3.63, 3.8) is 0 Å². The number of hydrogen-bond donors (Lipinski definition) is 1. The van der Waals surface area contributed by atoms with E-state index in [9.17, 15) is 4.79 Å². The summed E-state index contributed by atoms with van der Waals surface area (Å²) in [5.41, 5.74) is 4.85. The van der Waals surface area contributed by atoms with E-state index in [2.05, 4.69) is 10.5 Å². The molecule has 0 heterocycles. The van der Waals surface area contributed by atoms with Gasteiger partial charge in [-0.3, -0.25) is 4.79 Å². The number of ether oxygens (including phenoxy) is 2. The Labute approximate surface area is 142 Å². The zero-order valence-electron chi connectivity index (χ0n) is 14.2. The van der Waals surface area contributed by atoms with Gasteiger partial charge >= 0.3 is 0 Å². The van der Waals surface area contributed by atoms with E-state index in [1.165, 1.54) is 0 Å². The van der Waals surface area contributed by atoms with Gasteiger partial charge in [-0.05, 0) is 48.7 Å². The molecule has 5 nitrogen and oxygen atoms in total. The number of aryl methyl sites for hydroxylation is 1. The van der Waals surface area contributed by atoms with E-state index in [0.717, 1.165) is 17.5 Å². The van der Waals surface area contributed by atoms with Crippen LogP contribution in [0.4, 0.5) is 0 Å². The first-order valence-electron chi connectivity index (χ1n) is 7.85. The van der Waals surface area contributed by atoms with Crippen molar-refractivity contribution in [3.05, 3.63) is 59.2 Å². The van der Waals surface area contributed by atoms with Crippen molar-refractivity contribution in [1.29, 1.82) is 0 Å². The summed E-state index contributed by atoms with van der Waals surface area (Å²) in [6.45, 7) is 4.57. The van der Waals surface area contributed by atoms with Crippen LogP contribution in [0.1, 0.15) is 34.8 Å². The molecule has 0 saturated carbocycles. The first kappa shape index (κ1) is 17.5. The molecule has 126 valence electrons. The minimum Gasteiger partial charge on any atom is -0.493 e. The van der Waals surface area contributed by atoms with Gasteiger partial charge < -0.3 is 9.47 Å². The number of nitrogens with one attached hydrogen (secondary N) is 1. The van der Waals surface area contributed by atoms with Gasteiger partial charge in [0.15, 0.2) is 11.5 Å². The topological polar surface area (TPSA) is 59.9 Å². The Bertz CT molecular complexity index is 726. The molecular weight excluding hydrogens is 304 g/mol. The maximum Gasteiger partial charge on any atom is 0.271 e. The molecule has 0 unspecified atom stereocenters. The summed E-state index contributed by atoms with van der Waals surface area (Å²) in [5, 5.41) is 4.01. The van der Waals surface area contributed by atoms with Crippen molar-refractivity contribution in [3.8, 4) is 11.5 Å². The number of methoxy groups -OCH3 is 1. The second-order valence-electron chi connectivity index (χ2n) is 5.27. The zero-order valence-corrected chi connectivity index (χ0v) is 14.2. The smallest absolute Gasteiger partial charge is 0.271 e. The van der Waals surface area contributed by atoms with Crippen molar-refractivity contribution in [2.45, 2.75) is 20.3 Å². The maximum absolute atomic E-state index is 12.1. The second kappa shape index (κ2) is 8.72. The maximum atomic E-state index is 12.1. The van der Waals surface area contributed by atoms with Crippen LogP contribution in [0.25, 0.3) is 0 Å². The molecule has 24 heavy (non-hydrogen) atoms. The molecule has 2 aromatic carbocycles. The summed E-state index contributed by atoms with van der Waals surface area (Å²) in [5.74, 6) is 1.09. The summed E-state index contributed by atoms with van der Waals surface area (Å²) in [7, 11) is 1.59. The summed E-state index contributed by atoms with van der Waals surface area (Å²) in [4.78, 5) is 12.1. The lowest BCUT2D eigenvalue weighted by molar-refractivity contribution is 0.0954. The molecule has 0 aliphatic carbocycles. The van der Waals surface area contributed by atoms with Crippen molar-refractivity contribution < 1.29 is 14.3 Å². The Kier molecular flexibility index (Phi) is 6.37. The van der Waals surface area contributed by atoms with E-state index in [1.54, 1.807) is 19.4 Å². The average Bonchev–Trinajstić information content (AvgIpc) is 2.60. The lowest BCUT2D eigenvalue weighted by Gasteiger charge is -2.10. The lowest BCUT2D eigenvalue weighted by Crippen LogP contribution is -2.18. The Hall–Kier alpha value is -2.82. The van der Waals surface area contributed by atoms with Crippen LogP contribution >= 0.6 is 0 Å². The lowest BCUT2D eigenvalue weighted by atomic mass is 10.1. The fourth-order valence-electron chi connectivity index (χ4n) is 2.15. The monoisotopic (exact) mass is 326 g/mol. The Balaban J connectivity index is 2.04. The van der Waals surface area contributed by atoms with Crippen LogP contribution in [-0.4, -0.2) is 25.8 Å². The first-order chi connectivity index (χ1) is 11.7. The van der Waals surface area contributed by atoms with Crippen molar-refractivity contribution >= 4 is 12.1 Å². The molecule has 0 aliphatic heterocycles. The van der Waals surface area contributed by atoms with Crippen LogP contribution in [0, 0.1) is 6.92 Å². The summed E-state index contributed by atoms with van der Waals surface area (Å²) in [6, 6.07) is 12.9. The second-order valence-corrected chi connectivity index (χ2v) is 5.27. The Morgan fingerprint density at radius 2 is 2.00 bits per heavy atom.